The molecule has 0 unspecified atom stereocenters. The molecular weight excluding hydrogens is 400 g/mol. The molecule has 5 heteroatoms. The van der Waals surface area contributed by atoms with Crippen molar-refractivity contribution in [3.05, 3.63) is 102 Å². The Labute approximate surface area is 188 Å². The van der Waals surface area contributed by atoms with Crippen LogP contribution in [0.15, 0.2) is 84.9 Å². The lowest BCUT2D eigenvalue weighted by atomic mass is 9.88. The minimum atomic E-state index is -0.209. The summed E-state index contributed by atoms with van der Waals surface area (Å²) in [7, 11) is 0. The molecule has 0 bridgehead atoms. The summed E-state index contributed by atoms with van der Waals surface area (Å²) in [6.45, 7) is 1.22. The lowest BCUT2D eigenvalue weighted by Crippen LogP contribution is -2.32. The van der Waals surface area contributed by atoms with E-state index < -0.39 is 0 Å². The molecule has 5 nitrogen and oxygen atoms in total. The summed E-state index contributed by atoms with van der Waals surface area (Å²) in [4.78, 5) is 25.8. The van der Waals surface area contributed by atoms with Crippen LogP contribution in [-0.4, -0.2) is 31.1 Å². The summed E-state index contributed by atoms with van der Waals surface area (Å²) in [6, 6.07) is 27.1. The number of hydrogen-bond donors (Lipinski definition) is 2. The maximum atomic E-state index is 13.0. The highest BCUT2D eigenvalue weighted by atomic mass is 16.5. The van der Waals surface area contributed by atoms with Gasteiger partial charge in [0.25, 0.3) is 5.91 Å². The van der Waals surface area contributed by atoms with Crippen LogP contribution in [0.5, 0.6) is 0 Å². The van der Waals surface area contributed by atoms with Crippen molar-refractivity contribution in [2.75, 3.05) is 18.5 Å². The SMILES string of the molecule is O=C(CC(c1ccccc1)c1ccccc1)Nc1ccccc1C(=O)NC[C@@H]1CCCO1. The van der Waals surface area contributed by atoms with E-state index in [1.165, 1.54) is 0 Å². The predicted molar refractivity (Wildman–Crippen MR) is 126 cm³/mol. The van der Waals surface area contributed by atoms with Crippen LogP contribution < -0.4 is 10.6 Å². The first kappa shape index (κ1) is 21.8. The normalized spacial score (nSPS) is 15.5. The average molecular weight is 429 g/mol. The van der Waals surface area contributed by atoms with E-state index >= 15 is 0 Å². The molecule has 32 heavy (non-hydrogen) atoms. The van der Waals surface area contributed by atoms with Crippen molar-refractivity contribution in [1.29, 1.82) is 0 Å². The number of rotatable bonds is 8. The van der Waals surface area contributed by atoms with Crippen molar-refractivity contribution in [3.8, 4) is 0 Å². The van der Waals surface area contributed by atoms with Crippen molar-refractivity contribution < 1.29 is 14.3 Å². The van der Waals surface area contributed by atoms with Gasteiger partial charge in [-0.3, -0.25) is 9.59 Å². The number of para-hydroxylation sites is 1. The molecule has 1 aliphatic rings. The number of ether oxygens (including phenoxy) is 1. The fourth-order valence-corrected chi connectivity index (χ4v) is 4.08. The van der Waals surface area contributed by atoms with Crippen LogP contribution in [0.25, 0.3) is 0 Å². The topological polar surface area (TPSA) is 67.4 Å². The Morgan fingerprint density at radius 1 is 0.875 bits per heavy atom. The Morgan fingerprint density at radius 3 is 2.12 bits per heavy atom. The highest BCUT2D eigenvalue weighted by Gasteiger charge is 2.21. The fourth-order valence-electron chi connectivity index (χ4n) is 4.08. The third-order valence-electron chi connectivity index (χ3n) is 5.75. The number of anilines is 1. The van der Waals surface area contributed by atoms with Crippen molar-refractivity contribution in [3.63, 3.8) is 0 Å². The number of carbonyl (C=O) groups is 2. The van der Waals surface area contributed by atoms with Crippen molar-refractivity contribution >= 4 is 17.5 Å². The molecule has 2 N–H and O–H groups in total. The second-order valence-corrected chi connectivity index (χ2v) is 8.02. The number of nitrogens with one attached hydrogen (secondary N) is 2. The Morgan fingerprint density at radius 2 is 1.50 bits per heavy atom. The van der Waals surface area contributed by atoms with Crippen molar-refractivity contribution in [2.45, 2.75) is 31.3 Å². The number of benzene rings is 3. The third-order valence-corrected chi connectivity index (χ3v) is 5.75. The molecule has 0 spiro atoms. The first-order valence-corrected chi connectivity index (χ1v) is 11.1. The zero-order chi connectivity index (χ0) is 22.2. The molecule has 1 atom stereocenters. The molecule has 3 aromatic carbocycles. The molecule has 1 fully saturated rings. The van der Waals surface area contributed by atoms with E-state index in [9.17, 15) is 9.59 Å². The van der Waals surface area contributed by atoms with Gasteiger partial charge in [0.05, 0.1) is 17.4 Å². The van der Waals surface area contributed by atoms with Crippen LogP contribution in [-0.2, 0) is 9.53 Å². The smallest absolute Gasteiger partial charge is 0.253 e. The van der Waals surface area contributed by atoms with Crippen LogP contribution >= 0.6 is 0 Å². The van der Waals surface area contributed by atoms with E-state index in [-0.39, 0.29) is 30.3 Å². The highest BCUT2D eigenvalue weighted by Crippen LogP contribution is 2.28. The molecule has 2 amide bonds. The van der Waals surface area contributed by atoms with E-state index in [2.05, 4.69) is 10.6 Å². The van der Waals surface area contributed by atoms with Crippen LogP contribution in [0.2, 0.25) is 0 Å². The Balaban J connectivity index is 1.46. The molecule has 0 radical (unpaired) electrons. The van der Waals surface area contributed by atoms with Crippen LogP contribution in [0.1, 0.15) is 46.7 Å². The molecule has 0 aromatic heterocycles. The van der Waals surface area contributed by atoms with Crippen molar-refractivity contribution in [1.82, 2.24) is 5.32 Å². The maximum Gasteiger partial charge on any atom is 0.253 e. The summed E-state index contributed by atoms with van der Waals surface area (Å²) in [5, 5.41) is 5.89. The third kappa shape index (κ3) is 5.62. The summed E-state index contributed by atoms with van der Waals surface area (Å²) in [6.07, 6.45) is 2.33. The first-order chi connectivity index (χ1) is 15.7. The minimum absolute atomic E-state index is 0.0678. The number of amides is 2. The molecule has 164 valence electrons. The summed E-state index contributed by atoms with van der Waals surface area (Å²) in [5.41, 5.74) is 3.13. The van der Waals surface area contributed by atoms with Gasteiger partial charge in [0.1, 0.15) is 0 Å². The Hall–Kier alpha value is -3.44. The maximum absolute atomic E-state index is 13.0. The molecule has 0 saturated carbocycles. The monoisotopic (exact) mass is 428 g/mol. The Kier molecular flexibility index (Phi) is 7.31. The van der Waals surface area contributed by atoms with Gasteiger partial charge in [-0.05, 0) is 36.1 Å². The quantitative estimate of drug-likeness (QED) is 0.544. The summed E-state index contributed by atoms with van der Waals surface area (Å²) >= 11 is 0. The average Bonchev–Trinajstić information content (AvgIpc) is 3.36. The van der Waals surface area contributed by atoms with E-state index in [0.717, 1.165) is 30.6 Å². The fraction of sp³-hybridized carbons (Fsp3) is 0.259. The highest BCUT2D eigenvalue weighted by molar-refractivity contribution is 6.03. The van der Waals surface area contributed by atoms with Gasteiger partial charge in [0.2, 0.25) is 5.91 Å². The molecule has 0 aliphatic carbocycles. The molecule has 4 rings (SSSR count). The van der Waals surface area contributed by atoms with Crippen LogP contribution in [0, 0.1) is 0 Å². The van der Waals surface area contributed by atoms with E-state index in [1.807, 2.05) is 66.7 Å². The summed E-state index contributed by atoms with van der Waals surface area (Å²) < 4.78 is 5.58. The zero-order valence-corrected chi connectivity index (χ0v) is 18.0. The molecule has 3 aromatic rings. The van der Waals surface area contributed by atoms with Gasteiger partial charge in [-0.1, -0.05) is 72.8 Å². The summed E-state index contributed by atoms with van der Waals surface area (Å²) in [5.74, 6) is -0.418. The standard InChI is InChI=1S/C27H28N2O3/c30-26(18-24(20-10-3-1-4-11-20)21-12-5-2-6-13-21)29-25-16-8-7-15-23(25)27(31)28-19-22-14-9-17-32-22/h1-8,10-13,15-16,22,24H,9,14,17-19H2,(H,28,31)(H,29,30)/t22-/m0/s1. The van der Waals surface area contributed by atoms with Gasteiger partial charge >= 0.3 is 0 Å². The van der Waals surface area contributed by atoms with Gasteiger partial charge in [-0.2, -0.15) is 0 Å². The predicted octanol–water partition coefficient (Wildman–Crippen LogP) is 4.76. The second kappa shape index (κ2) is 10.7. The van der Waals surface area contributed by atoms with Gasteiger partial charge in [0.15, 0.2) is 0 Å². The van der Waals surface area contributed by atoms with Gasteiger partial charge in [-0.15, -0.1) is 0 Å². The van der Waals surface area contributed by atoms with E-state index in [1.54, 1.807) is 18.2 Å². The minimum Gasteiger partial charge on any atom is -0.376 e. The molecule has 1 heterocycles. The molecular formula is C27H28N2O3. The lowest BCUT2D eigenvalue weighted by molar-refractivity contribution is -0.116. The van der Waals surface area contributed by atoms with Crippen LogP contribution in [0.4, 0.5) is 5.69 Å². The van der Waals surface area contributed by atoms with E-state index in [4.69, 9.17) is 4.74 Å². The molecule has 1 saturated heterocycles. The van der Waals surface area contributed by atoms with Crippen LogP contribution in [0.3, 0.4) is 0 Å². The van der Waals surface area contributed by atoms with Gasteiger partial charge < -0.3 is 15.4 Å². The van der Waals surface area contributed by atoms with E-state index in [0.29, 0.717) is 17.8 Å². The van der Waals surface area contributed by atoms with Crippen molar-refractivity contribution in [2.24, 2.45) is 0 Å². The number of hydrogen-bond acceptors (Lipinski definition) is 3. The van der Waals surface area contributed by atoms with Gasteiger partial charge in [-0.25, -0.2) is 0 Å². The zero-order valence-electron chi connectivity index (χ0n) is 18.0. The van der Waals surface area contributed by atoms with Gasteiger partial charge in [0, 0.05) is 25.5 Å². The molecule has 1 aliphatic heterocycles. The number of carbonyl (C=O) groups excluding carboxylic acids is 2. The largest absolute Gasteiger partial charge is 0.376 e. The second-order valence-electron chi connectivity index (χ2n) is 8.02. The first-order valence-electron chi connectivity index (χ1n) is 11.1. The lowest BCUT2D eigenvalue weighted by Gasteiger charge is -2.19. The Bertz CT molecular complexity index is 992.